The molecule has 4 nitrogen and oxygen atoms in total. The zero-order valence-corrected chi connectivity index (χ0v) is 11.8. The third-order valence-electron chi connectivity index (χ3n) is 4.89. The van der Waals surface area contributed by atoms with Gasteiger partial charge in [0.25, 0.3) is 0 Å². The number of hydrogen-bond donors (Lipinski definition) is 1. The lowest BCUT2D eigenvalue weighted by atomic mass is 9.68. The highest BCUT2D eigenvalue weighted by Crippen LogP contribution is 2.49. The number of ether oxygens (including phenoxy) is 1. The van der Waals surface area contributed by atoms with Crippen LogP contribution in [0.5, 0.6) is 0 Å². The maximum absolute atomic E-state index is 11.6. The summed E-state index contributed by atoms with van der Waals surface area (Å²) < 4.78 is 6.10. The average molecular weight is 274 g/mol. The standard InChI is InChI=1S/C16H22N2O2/c17-14(19)11-15(13-5-1-4-9-18-13)8-10-20-16(12-15)6-2-3-7-16/h1,4-5,9H,2-3,6-8,10-12H2,(H2,17,19)/t15-/m0/s1. The van der Waals surface area contributed by atoms with Crippen molar-refractivity contribution in [1.82, 2.24) is 4.98 Å². The van der Waals surface area contributed by atoms with Gasteiger partial charge in [-0.3, -0.25) is 9.78 Å². The fourth-order valence-corrected chi connectivity index (χ4v) is 4.03. The van der Waals surface area contributed by atoms with Crippen molar-refractivity contribution in [2.75, 3.05) is 6.61 Å². The topological polar surface area (TPSA) is 65.2 Å². The minimum atomic E-state index is -0.245. The molecule has 1 amide bonds. The number of primary amides is 1. The lowest BCUT2D eigenvalue weighted by molar-refractivity contribution is -0.126. The number of rotatable bonds is 3. The van der Waals surface area contributed by atoms with Gasteiger partial charge >= 0.3 is 0 Å². The summed E-state index contributed by atoms with van der Waals surface area (Å²) in [4.78, 5) is 16.1. The molecule has 108 valence electrons. The molecule has 0 radical (unpaired) electrons. The van der Waals surface area contributed by atoms with Crippen molar-refractivity contribution in [2.24, 2.45) is 5.73 Å². The molecule has 0 bridgehead atoms. The zero-order valence-electron chi connectivity index (χ0n) is 11.8. The van der Waals surface area contributed by atoms with Gasteiger partial charge in [-0.05, 0) is 37.8 Å². The summed E-state index contributed by atoms with van der Waals surface area (Å²) in [6.07, 6.45) is 8.50. The largest absolute Gasteiger partial charge is 0.375 e. The van der Waals surface area contributed by atoms with E-state index in [1.807, 2.05) is 18.2 Å². The van der Waals surface area contributed by atoms with Gasteiger partial charge in [-0.1, -0.05) is 18.9 Å². The number of nitrogens with zero attached hydrogens (tertiary/aromatic N) is 1. The van der Waals surface area contributed by atoms with Gasteiger partial charge in [0.1, 0.15) is 0 Å². The van der Waals surface area contributed by atoms with E-state index in [9.17, 15) is 4.79 Å². The van der Waals surface area contributed by atoms with Crippen LogP contribution in [-0.2, 0) is 14.9 Å². The highest BCUT2D eigenvalue weighted by Gasteiger charge is 2.49. The summed E-state index contributed by atoms with van der Waals surface area (Å²) in [5.74, 6) is -0.245. The van der Waals surface area contributed by atoms with Gasteiger partial charge in [0.2, 0.25) is 5.91 Å². The summed E-state index contributed by atoms with van der Waals surface area (Å²) in [7, 11) is 0. The van der Waals surface area contributed by atoms with Crippen molar-refractivity contribution in [1.29, 1.82) is 0 Å². The van der Waals surface area contributed by atoms with Crippen LogP contribution in [0.1, 0.15) is 50.6 Å². The molecule has 1 aliphatic heterocycles. The van der Waals surface area contributed by atoms with E-state index in [1.54, 1.807) is 6.20 Å². The van der Waals surface area contributed by atoms with Crippen molar-refractivity contribution >= 4 is 5.91 Å². The number of nitrogens with two attached hydrogens (primary N) is 1. The van der Waals surface area contributed by atoms with Crippen LogP contribution in [0.15, 0.2) is 24.4 Å². The van der Waals surface area contributed by atoms with Gasteiger partial charge in [0, 0.05) is 30.3 Å². The van der Waals surface area contributed by atoms with E-state index >= 15 is 0 Å². The molecule has 2 heterocycles. The zero-order chi connectivity index (χ0) is 14.1. The highest BCUT2D eigenvalue weighted by molar-refractivity contribution is 5.75. The van der Waals surface area contributed by atoms with E-state index in [1.165, 1.54) is 12.8 Å². The third-order valence-corrected chi connectivity index (χ3v) is 4.89. The summed E-state index contributed by atoms with van der Waals surface area (Å²) in [5.41, 5.74) is 6.23. The maximum atomic E-state index is 11.6. The van der Waals surface area contributed by atoms with Crippen LogP contribution in [0.4, 0.5) is 0 Å². The Kier molecular flexibility index (Phi) is 3.50. The van der Waals surface area contributed by atoms with E-state index in [-0.39, 0.29) is 16.9 Å². The smallest absolute Gasteiger partial charge is 0.218 e. The van der Waals surface area contributed by atoms with Crippen LogP contribution in [-0.4, -0.2) is 23.1 Å². The molecule has 1 aliphatic carbocycles. The molecule has 20 heavy (non-hydrogen) atoms. The second kappa shape index (κ2) is 5.17. The Balaban J connectivity index is 1.95. The molecule has 2 N–H and O–H groups in total. The summed E-state index contributed by atoms with van der Waals surface area (Å²) in [6.45, 7) is 0.698. The molecular formula is C16H22N2O2. The van der Waals surface area contributed by atoms with Gasteiger partial charge in [0.05, 0.1) is 5.60 Å². The SMILES string of the molecule is NC(=O)C[C@@]1(c2ccccn2)CCOC2(CCCC2)C1. The predicted octanol–water partition coefficient (Wildman–Crippen LogP) is 2.32. The van der Waals surface area contributed by atoms with Gasteiger partial charge < -0.3 is 10.5 Å². The summed E-state index contributed by atoms with van der Waals surface area (Å²) in [6, 6.07) is 5.92. The van der Waals surface area contributed by atoms with Gasteiger partial charge in [0.15, 0.2) is 0 Å². The first-order valence-electron chi connectivity index (χ1n) is 7.48. The predicted molar refractivity (Wildman–Crippen MR) is 76.1 cm³/mol. The molecule has 4 heteroatoms. The molecular weight excluding hydrogens is 252 g/mol. The Labute approximate surface area is 119 Å². The molecule has 2 aliphatic rings. The Hall–Kier alpha value is -1.42. The van der Waals surface area contributed by atoms with Crippen LogP contribution < -0.4 is 5.73 Å². The molecule has 3 rings (SSSR count). The van der Waals surface area contributed by atoms with E-state index in [2.05, 4.69) is 4.98 Å². The molecule has 0 aromatic carbocycles. The number of hydrogen-bond acceptors (Lipinski definition) is 3. The first kappa shape index (κ1) is 13.6. The lowest BCUT2D eigenvalue weighted by Gasteiger charge is -2.45. The fraction of sp³-hybridized carbons (Fsp3) is 0.625. The second-order valence-electron chi connectivity index (χ2n) is 6.30. The van der Waals surface area contributed by atoms with Crippen molar-refractivity contribution in [3.05, 3.63) is 30.1 Å². The molecule has 0 unspecified atom stereocenters. The Bertz CT molecular complexity index is 483. The molecule has 1 aromatic rings. The first-order chi connectivity index (χ1) is 9.64. The maximum Gasteiger partial charge on any atom is 0.218 e. The monoisotopic (exact) mass is 274 g/mol. The van der Waals surface area contributed by atoms with E-state index in [0.717, 1.165) is 31.4 Å². The van der Waals surface area contributed by atoms with Crippen LogP contribution in [0.25, 0.3) is 0 Å². The number of pyridine rings is 1. The highest BCUT2D eigenvalue weighted by atomic mass is 16.5. The minimum absolute atomic E-state index is 0.0504. The minimum Gasteiger partial charge on any atom is -0.375 e. The van der Waals surface area contributed by atoms with E-state index in [0.29, 0.717) is 13.0 Å². The van der Waals surface area contributed by atoms with Crippen molar-refractivity contribution in [3.8, 4) is 0 Å². The normalized spacial score (nSPS) is 28.6. The Morgan fingerprint density at radius 2 is 2.10 bits per heavy atom. The summed E-state index contributed by atoms with van der Waals surface area (Å²) in [5, 5.41) is 0. The molecule has 1 saturated heterocycles. The van der Waals surface area contributed by atoms with Crippen molar-refractivity contribution < 1.29 is 9.53 Å². The second-order valence-corrected chi connectivity index (χ2v) is 6.30. The van der Waals surface area contributed by atoms with Gasteiger partial charge in [-0.15, -0.1) is 0 Å². The average Bonchev–Trinajstić information content (AvgIpc) is 2.87. The van der Waals surface area contributed by atoms with E-state index < -0.39 is 0 Å². The van der Waals surface area contributed by atoms with Crippen LogP contribution in [0, 0.1) is 0 Å². The van der Waals surface area contributed by atoms with E-state index in [4.69, 9.17) is 10.5 Å². The summed E-state index contributed by atoms with van der Waals surface area (Å²) >= 11 is 0. The van der Waals surface area contributed by atoms with Gasteiger partial charge in [-0.25, -0.2) is 0 Å². The molecule has 1 aromatic heterocycles. The van der Waals surface area contributed by atoms with Crippen molar-refractivity contribution in [3.63, 3.8) is 0 Å². The number of carbonyl (C=O) groups excluding carboxylic acids is 1. The molecule has 1 saturated carbocycles. The van der Waals surface area contributed by atoms with Crippen LogP contribution >= 0.6 is 0 Å². The molecule has 1 spiro atoms. The number of amides is 1. The molecule has 1 atom stereocenters. The van der Waals surface area contributed by atoms with Crippen LogP contribution in [0.2, 0.25) is 0 Å². The van der Waals surface area contributed by atoms with Crippen molar-refractivity contribution in [2.45, 2.75) is 56.0 Å². The fourth-order valence-electron chi connectivity index (χ4n) is 4.03. The Morgan fingerprint density at radius 3 is 2.75 bits per heavy atom. The Morgan fingerprint density at radius 1 is 1.30 bits per heavy atom. The third kappa shape index (κ3) is 2.44. The van der Waals surface area contributed by atoms with Gasteiger partial charge in [-0.2, -0.15) is 0 Å². The quantitative estimate of drug-likeness (QED) is 0.920. The first-order valence-corrected chi connectivity index (χ1v) is 7.48. The molecule has 2 fully saturated rings. The van der Waals surface area contributed by atoms with Crippen LogP contribution in [0.3, 0.4) is 0 Å². The number of aromatic nitrogens is 1. The lowest BCUT2D eigenvalue weighted by Crippen LogP contribution is -2.48. The number of carbonyl (C=O) groups is 1.